The smallest absolute Gasteiger partial charge is 0.374 e. The van der Waals surface area contributed by atoms with Crippen LogP contribution >= 0.6 is 0 Å². The third-order valence-corrected chi connectivity index (χ3v) is 2.18. The van der Waals surface area contributed by atoms with Crippen LogP contribution in [0.3, 0.4) is 0 Å². The summed E-state index contributed by atoms with van der Waals surface area (Å²) in [5.74, 6) is -1.22. The molecule has 2 heterocycles. The topological polar surface area (TPSA) is 72.6 Å². The number of hydrogen-bond acceptors (Lipinski definition) is 4. The Bertz CT molecular complexity index is 340. The molecule has 1 aliphatic heterocycles. The van der Waals surface area contributed by atoms with E-state index in [0.29, 0.717) is 18.9 Å². The van der Waals surface area contributed by atoms with Gasteiger partial charge in [-0.1, -0.05) is 5.16 Å². The first kappa shape index (κ1) is 8.25. The Balaban J connectivity index is 2.27. The van der Waals surface area contributed by atoms with Crippen molar-refractivity contribution < 1.29 is 19.2 Å². The predicted octanol–water partition coefficient (Wildman–Crippen LogP) is 0.661. The zero-order valence-electron chi connectivity index (χ0n) is 7.11. The number of carboxylic acids is 1. The zero-order chi connectivity index (χ0) is 9.47. The SMILES string of the molecule is CC1(c2cc(C(=O)O)on2)COC1. The zero-order valence-corrected chi connectivity index (χ0v) is 7.11. The summed E-state index contributed by atoms with van der Waals surface area (Å²) in [5.41, 5.74) is 0.480. The molecule has 0 amide bonds. The van der Waals surface area contributed by atoms with Crippen LogP contribution in [0.1, 0.15) is 23.2 Å². The predicted molar refractivity (Wildman–Crippen MR) is 41.6 cm³/mol. The van der Waals surface area contributed by atoms with Crippen LogP contribution in [0.25, 0.3) is 0 Å². The van der Waals surface area contributed by atoms with Crippen molar-refractivity contribution in [3.8, 4) is 0 Å². The molecule has 2 rings (SSSR count). The van der Waals surface area contributed by atoms with Gasteiger partial charge in [0, 0.05) is 6.07 Å². The van der Waals surface area contributed by atoms with Gasteiger partial charge in [0.1, 0.15) is 0 Å². The van der Waals surface area contributed by atoms with E-state index in [0.717, 1.165) is 0 Å². The Labute approximate surface area is 74.3 Å². The van der Waals surface area contributed by atoms with Gasteiger partial charge in [-0.15, -0.1) is 0 Å². The van der Waals surface area contributed by atoms with Crippen LogP contribution in [0.4, 0.5) is 0 Å². The maximum Gasteiger partial charge on any atom is 0.374 e. The molecular weight excluding hydrogens is 174 g/mol. The van der Waals surface area contributed by atoms with Crippen molar-refractivity contribution in [2.75, 3.05) is 13.2 Å². The van der Waals surface area contributed by atoms with Crippen LogP contribution in [0, 0.1) is 0 Å². The minimum absolute atomic E-state index is 0.122. The highest BCUT2D eigenvalue weighted by Crippen LogP contribution is 2.30. The average Bonchev–Trinajstić information content (AvgIpc) is 2.48. The van der Waals surface area contributed by atoms with Crippen molar-refractivity contribution >= 4 is 5.97 Å². The summed E-state index contributed by atoms with van der Waals surface area (Å²) in [6.45, 7) is 3.09. The second-order valence-electron chi connectivity index (χ2n) is 3.44. The summed E-state index contributed by atoms with van der Waals surface area (Å²) in [7, 11) is 0. The van der Waals surface area contributed by atoms with Gasteiger partial charge in [0.05, 0.1) is 24.3 Å². The normalized spacial score (nSPS) is 19.5. The highest BCUT2D eigenvalue weighted by Gasteiger charge is 2.38. The molecule has 0 radical (unpaired) electrons. The molecule has 1 N–H and O–H groups in total. The lowest BCUT2D eigenvalue weighted by Gasteiger charge is -2.35. The molecule has 70 valence electrons. The second-order valence-corrected chi connectivity index (χ2v) is 3.44. The highest BCUT2D eigenvalue weighted by molar-refractivity contribution is 5.84. The molecule has 0 unspecified atom stereocenters. The van der Waals surface area contributed by atoms with Crippen molar-refractivity contribution in [3.63, 3.8) is 0 Å². The molecule has 1 aliphatic rings. The van der Waals surface area contributed by atoms with Gasteiger partial charge < -0.3 is 14.4 Å². The highest BCUT2D eigenvalue weighted by atomic mass is 16.5. The monoisotopic (exact) mass is 183 g/mol. The first-order valence-electron chi connectivity index (χ1n) is 3.90. The molecule has 0 aromatic carbocycles. The van der Waals surface area contributed by atoms with E-state index in [2.05, 4.69) is 9.68 Å². The van der Waals surface area contributed by atoms with Gasteiger partial charge in [0.25, 0.3) is 0 Å². The molecule has 0 aliphatic carbocycles. The summed E-state index contributed by atoms with van der Waals surface area (Å²) < 4.78 is 9.68. The lowest BCUT2D eigenvalue weighted by Crippen LogP contribution is -2.44. The fourth-order valence-corrected chi connectivity index (χ4v) is 1.22. The molecule has 1 saturated heterocycles. The van der Waals surface area contributed by atoms with Gasteiger partial charge in [0.2, 0.25) is 5.76 Å². The van der Waals surface area contributed by atoms with Gasteiger partial charge in [-0.25, -0.2) is 4.79 Å². The van der Waals surface area contributed by atoms with E-state index in [1.807, 2.05) is 6.92 Å². The number of carboxylic acid groups (broad SMARTS) is 1. The summed E-state index contributed by atoms with van der Waals surface area (Å²) in [6, 6.07) is 1.45. The molecule has 1 aromatic rings. The van der Waals surface area contributed by atoms with Crippen molar-refractivity contribution in [1.82, 2.24) is 5.16 Å². The molecule has 0 saturated carbocycles. The Hall–Kier alpha value is -1.36. The first-order valence-corrected chi connectivity index (χ1v) is 3.90. The average molecular weight is 183 g/mol. The van der Waals surface area contributed by atoms with Crippen molar-refractivity contribution in [2.24, 2.45) is 0 Å². The molecule has 13 heavy (non-hydrogen) atoms. The lowest BCUT2D eigenvalue weighted by molar-refractivity contribution is -0.0532. The lowest BCUT2D eigenvalue weighted by atomic mass is 9.85. The van der Waals surface area contributed by atoms with Crippen molar-refractivity contribution in [2.45, 2.75) is 12.3 Å². The van der Waals surface area contributed by atoms with Crippen LogP contribution in [-0.2, 0) is 10.2 Å². The maximum absolute atomic E-state index is 10.5. The molecule has 0 spiro atoms. The van der Waals surface area contributed by atoms with E-state index in [1.165, 1.54) is 6.07 Å². The Morgan fingerprint density at radius 1 is 1.69 bits per heavy atom. The fraction of sp³-hybridized carbons (Fsp3) is 0.500. The summed E-state index contributed by atoms with van der Waals surface area (Å²) >= 11 is 0. The van der Waals surface area contributed by atoms with E-state index in [1.54, 1.807) is 0 Å². The van der Waals surface area contributed by atoms with Gasteiger partial charge in [-0.05, 0) is 6.92 Å². The molecule has 5 heteroatoms. The van der Waals surface area contributed by atoms with E-state index in [-0.39, 0.29) is 11.2 Å². The number of hydrogen-bond donors (Lipinski definition) is 1. The number of ether oxygens (including phenoxy) is 1. The molecule has 5 nitrogen and oxygen atoms in total. The van der Waals surface area contributed by atoms with E-state index < -0.39 is 5.97 Å². The third-order valence-electron chi connectivity index (χ3n) is 2.18. The van der Waals surface area contributed by atoms with Crippen LogP contribution in [0.15, 0.2) is 10.6 Å². The van der Waals surface area contributed by atoms with Crippen molar-refractivity contribution in [1.29, 1.82) is 0 Å². The van der Waals surface area contributed by atoms with Gasteiger partial charge >= 0.3 is 5.97 Å². The molecule has 1 fully saturated rings. The number of aromatic carboxylic acids is 1. The minimum atomic E-state index is -1.09. The number of aromatic nitrogens is 1. The van der Waals surface area contributed by atoms with E-state index in [4.69, 9.17) is 9.84 Å². The van der Waals surface area contributed by atoms with E-state index >= 15 is 0 Å². The summed E-state index contributed by atoms with van der Waals surface area (Å²) in [4.78, 5) is 10.5. The van der Waals surface area contributed by atoms with Crippen LogP contribution in [-0.4, -0.2) is 29.4 Å². The molecular formula is C8H9NO4. The Morgan fingerprint density at radius 3 is 2.77 bits per heavy atom. The standard InChI is InChI=1S/C8H9NO4/c1-8(3-12-4-8)6-2-5(7(10)11)13-9-6/h2H,3-4H2,1H3,(H,10,11). The third kappa shape index (κ3) is 1.21. The molecule has 0 atom stereocenters. The quantitative estimate of drug-likeness (QED) is 0.729. The van der Waals surface area contributed by atoms with Crippen LogP contribution in [0.5, 0.6) is 0 Å². The largest absolute Gasteiger partial charge is 0.475 e. The van der Waals surface area contributed by atoms with Gasteiger partial charge in [0.15, 0.2) is 0 Å². The van der Waals surface area contributed by atoms with Crippen LogP contribution in [0.2, 0.25) is 0 Å². The van der Waals surface area contributed by atoms with Crippen molar-refractivity contribution in [3.05, 3.63) is 17.5 Å². The Kier molecular flexibility index (Phi) is 1.63. The van der Waals surface area contributed by atoms with Gasteiger partial charge in [-0.3, -0.25) is 0 Å². The maximum atomic E-state index is 10.5. The summed E-state index contributed by atoms with van der Waals surface area (Å²) in [6.07, 6.45) is 0. The number of rotatable bonds is 2. The number of nitrogens with zero attached hydrogens (tertiary/aromatic N) is 1. The second kappa shape index (κ2) is 2.56. The molecule has 1 aromatic heterocycles. The molecule has 0 bridgehead atoms. The van der Waals surface area contributed by atoms with E-state index in [9.17, 15) is 4.79 Å². The van der Waals surface area contributed by atoms with Crippen LogP contribution < -0.4 is 0 Å². The minimum Gasteiger partial charge on any atom is -0.475 e. The Morgan fingerprint density at radius 2 is 2.38 bits per heavy atom. The first-order chi connectivity index (χ1) is 6.12. The summed E-state index contributed by atoms with van der Waals surface area (Å²) in [5, 5.41) is 12.3. The fourth-order valence-electron chi connectivity index (χ4n) is 1.22. The number of carbonyl (C=O) groups is 1. The van der Waals surface area contributed by atoms with Gasteiger partial charge in [-0.2, -0.15) is 0 Å².